The molecule has 4 aromatic rings. The summed E-state index contributed by atoms with van der Waals surface area (Å²) in [4.78, 5) is 2.42. The second-order valence-corrected chi connectivity index (χ2v) is 9.59. The van der Waals surface area contributed by atoms with Gasteiger partial charge in [-0.1, -0.05) is 51.1 Å². The smallest absolute Gasteiger partial charge is 0.135 e. The molecule has 0 amide bonds. The van der Waals surface area contributed by atoms with Crippen LogP contribution in [0.5, 0.6) is 0 Å². The Labute approximate surface area is 167 Å². The van der Waals surface area contributed by atoms with Gasteiger partial charge in [0.25, 0.3) is 0 Å². The van der Waals surface area contributed by atoms with Gasteiger partial charge in [0.05, 0.1) is 0 Å². The van der Waals surface area contributed by atoms with E-state index < -0.39 is 0 Å². The number of rotatable bonds is 2. The SMILES string of the molecule is CC(C)(C)c1cccc(N(c2ccc3oc4ccccc4c3c2)C(C)(C)C)c1. The average Bonchev–Trinajstić information content (AvgIpc) is 2.98. The quantitative estimate of drug-likeness (QED) is 0.357. The van der Waals surface area contributed by atoms with Crippen LogP contribution in [0.25, 0.3) is 21.9 Å². The average molecular weight is 372 g/mol. The monoisotopic (exact) mass is 371 g/mol. The normalized spacial score (nSPS) is 12.6. The van der Waals surface area contributed by atoms with Gasteiger partial charge in [0.1, 0.15) is 11.2 Å². The first-order valence-corrected chi connectivity index (χ1v) is 9.97. The van der Waals surface area contributed by atoms with Crippen LogP contribution in [-0.2, 0) is 5.41 Å². The summed E-state index contributed by atoms with van der Waals surface area (Å²) >= 11 is 0. The van der Waals surface area contributed by atoms with Crippen LogP contribution in [0.3, 0.4) is 0 Å². The molecule has 28 heavy (non-hydrogen) atoms. The number of benzene rings is 3. The standard InChI is InChI=1S/C26H29NO/c1-25(2,3)18-10-9-11-19(16-18)27(26(4,5)6)20-14-15-24-22(17-20)21-12-7-8-13-23(21)28-24/h7-17H,1-6H3. The van der Waals surface area contributed by atoms with Gasteiger partial charge in [0, 0.05) is 27.7 Å². The molecule has 0 unspecified atom stereocenters. The number of hydrogen-bond donors (Lipinski definition) is 0. The van der Waals surface area contributed by atoms with Crippen LogP contribution in [0.2, 0.25) is 0 Å². The van der Waals surface area contributed by atoms with E-state index in [1.807, 2.05) is 12.1 Å². The van der Waals surface area contributed by atoms with E-state index in [0.29, 0.717) is 0 Å². The van der Waals surface area contributed by atoms with Gasteiger partial charge >= 0.3 is 0 Å². The Morgan fingerprint density at radius 2 is 1.32 bits per heavy atom. The molecule has 144 valence electrons. The highest BCUT2D eigenvalue weighted by Crippen LogP contribution is 2.38. The molecule has 2 nitrogen and oxygen atoms in total. The second-order valence-electron chi connectivity index (χ2n) is 9.59. The largest absolute Gasteiger partial charge is 0.456 e. The van der Waals surface area contributed by atoms with E-state index in [4.69, 9.17) is 4.42 Å². The molecule has 0 saturated carbocycles. The van der Waals surface area contributed by atoms with Crippen molar-refractivity contribution in [1.29, 1.82) is 0 Å². The summed E-state index contributed by atoms with van der Waals surface area (Å²) in [5, 5.41) is 2.32. The molecule has 0 fully saturated rings. The number of anilines is 2. The van der Waals surface area contributed by atoms with Crippen molar-refractivity contribution in [2.45, 2.75) is 52.5 Å². The Morgan fingerprint density at radius 3 is 2.04 bits per heavy atom. The van der Waals surface area contributed by atoms with E-state index in [2.05, 4.69) is 101 Å². The Balaban J connectivity index is 1.91. The first kappa shape index (κ1) is 18.6. The van der Waals surface area contributed by atoms with Gasteiger partial charge in [-0.3, -0.25) is 0 Å². The molecular formula is C26H29NO. The zero-order valence-electron chi connectivity index (χ0n) is 17.7. The molecule has 1 heterocycles. The lowest BCUT2D eigenvalue weighted by Crippen LogP contribution is -2.37. The van der Waals surface area contributed by atoms with Gasteiger partial charge in [-0.05, 0) is 68.1 Å². The maximum Gasteiger partial charge on any atom is 0.135 e. The van der Waals surface area contributed by atoms with Crippen molar-refractivity contribution in [2.75, 3.05) is 4.90 Å². The third-order valence-corrected chi connectivity index (χ3v) is 5.26. The molecule has 0 aliphatic rings. The van der Waals surface area contributed by atoms with Gasteiger partial charge < -0.3 is 9.32 Å². The Hall–Kier alpha value is -2.74. The minimum Gasteiger partial charge on any atom is -0.456 e. The minimum atomic E-state index is -0.0658. The van der Waals surface area contributed by atoms with Crippen LogP contribution < -0.4 is 4.90 Å². The Morgan fingerprint density at radius 1 is 0.643 bits per heavy atom. The first-order valence-electron chi connectivity index (χ1n) is 9.97. The third kappa shape index (κ3) is 3.28. The molecule has 3 aromatic carbocycles. The van der Waals surface area contributed by atoms with Crippen LogP contribution >= 0.6 is 0 Å². The molecule has 4 rings (SSSR count). The van der Waals surface area contributed by atoms with Crippen LogP contribution in [-0.4, -0.2) is 5.54 Å². The van der Waals surface area contributed by atoms with Crippen LogP contribution in [0.4, 0.5) is 11.4 Å². The topological polar surface area (TPSA) is 16.4 Å². The summed E-state index contributed by atoms with van der Waals surface area (Å²) in [6.45, 7) is 13.6. The van der Waals surface area contributed by atoms with Crippen molar-refractivity contribution < 1.29 is 4.42 Å². The van der Waals surface area contributed by atoms with Gasteiger partial charge in [0.15, 0.2) is 0 Å². The Kier molecular flexibility index (Phi) is 4.26. The van der Waals surface area contributed by atoms with E-state index in [0.717, 1.165) is 21.9 Å². The first-order chi connectivity index (χ1) is 13.1. The highest BCUT2D eigenvalue weighted by Gasteiger charge is 2.25. The predicted molar refractivity (Wildman–Crippen MR) is 121 cm³/mol. The molecule has 0 N–H and O–H groups in total. The maximum atomic E-state index is 6.02. The van der Waals surface area contributed by atoms with E-state index in [9.17, 15) is 0 Å². The molecule has 1 aromatic heterocycles. The zero-order chi connectivity index (χ0) is 20.1. The zero-order valence-corrected chi connectivity index (χ0v) is 17.7. The number of fused-ring (bicyclic) bond motifs is 3. The lowest BCUT2D eigenvalue weighted by atomic mass is 9.86. The van der Waals surface area contributed by atoms with Crippen molar-refractivity contribution in [3.63, 3.8) is 0 Å². The fraction of sp³-hybridized carbons (Fsp3) is 0.308. The molecule has 0 bridgehead atoms. The van der Waals surface area contributed by atoms with Crippen molar-refractivity contribution in [3.05, 3.63) is 72.3 Å². The lowest BCUT2D eigenvalue weighted by Gasteiger charge is -2.38. The van der Waals surface area contributed by atoms with Crippen molar-refractivity contribution in [3.8, 4) is 0 Å². The highest BCUT2D eigenvalue weighted by atomic mass is 16.3. The maximum absolute atomic E-state index is 6.02. The predicted octanol–water partition coefficient (Wildman–Crippen LogP) is 7.82. The number of hydrogen-bond acceptors (Lipinski definition) is 2. The lowest BCUT2D eigenvalue weighted by molar-refractivity contribution is 0.557. The summed E-state index contributed by atoms with van der Waals surface area (Å²) in [5.74, 6) is 0. The number of nitrogens with zero attached hydrogens (tertiary/aromatic N) is 1. The highest BCUT2D eigenvalue weighted by molar-refractivity contribution is 6.06. The van der Waals surface area contributed by atoms with Gasteiger partial charge in [-0.25, -0.2) is 0 Å². The van der Waals surface area contributed by atoms with E-state index in [1.54, 1.807) is 0 Å². The van der Waals surface area contributed by atoms with Gasteiger partial charge in [-0.15, -0.1) is 0 Å². The molecule has 0 saturated heterocycles. The minimum absolute atomic E-state index is 0.0658. The summed E-state index contributed by atoms with van der Waals surface area (Å²) in [6, 6.07) is 23.7. The van der Waals surface area contributed by atoms with Crippen molar-refractivity contribution in [2.24, 2.45) is 0 Å². The molecule has 0 radical (unpaired) electrons. The van der Waals surface area contributed by atoms with Crippen LogP contribution in [0.15, 0.2) is 71.1 Å². The molecule has 0 atom stereocenters. The molecular weight excluding hydrogens is 342 g/mol. The third-order valence-electron chi connectivity index (χ3n) is 5.26. The summed E-state index contributed by atoms with van der Waals surface area (Å²) in [7, 11) is 0. The molecule has 0 spiro atoms. The fourth-order valence-corrected chi connectivity index (χ4v) is 3.89. The van der Waals surface area contributed by atoms with Crippen molar-refractivity contribution in [1.82, 2.24) is 0 Å². The number of para-hydroxylation sites is 1. The summed E-state index contributed by atoms with van der Waals surface area (Å²) in [5.41, 5.74) is 5.65. The molecule has 0 aliphatic heterocycles. The summed E-state index contributed by atoms with van der Waals surface area (Å²) in [6.07, 6.45) is 0. The Bertz CT molecular complexity index is 1140. The van der Waals surface area contributed by atoms with E-state index >= 15 is 0 Å². The van der Waals surface area contributed by atoms with Gasteiger partial charge in [0.2, 0.25) is 0 Å². The molecule has 2 heteroatoms. The number of furan rings is 1. The fourth-order valence-electron chi connectivity index (χ4n) is 3.89. The second kappa shape index (κ2) is 6.41. The molecule has 0 aliphatic carbocycles. The van der Waals surface area contributed by atoms with E-state index in [-0.39, 0.29) is 11.0 Å². The van der Waals surface area contributed by atoms with Crippen LogP contribution in [0.1, 0.15) is 47.1 Å². The van der Waals surface area contributed by atoms with Crippen LogP contribution in [0, 0.1) is 0 Å². The van der Waals surface area contributed by atoms with E-state index in [1.165, 1.54) is 16.9 Å². The van der Waals surface area contributed by atoms with Crippen molar-refractivity contribution >= 4 is 33.3 Å². The summed E-state index contributed by atoms with van der Waals surface area (Å²) < 4.78 is 6.02. The van der Waals surface area contributed by atoms with Gasteiger partial charge in [-0.2, -0.15) is 0 Å².